The Kier molecular flexibility index (Phi) is 7.69. The van der Waals surface area contributed by atoms with Crippen molar-refractivity contribution in [2.24, 2.45) is 0 Å². The Morgan fingerprint density at radius 2 is 1.94 bits per heavy atom. The molecule has 0 bridgehead atoms. The third-order valence-corrected chi connectivity index (χ3v) is 5.75. The minimum absolute atomic E-state index is 0.0176. The molecule has 0 aliphatic carbocycles. The third-order valence-electron chi connectivity index (χ3n) is 4.35. The maximum atomic E-state index is 12.5. The summed E-state index contributed by atoms with van der Waals surface area (Å²) in [6, 6.07) is 14.7. The van der Waals surface area contributed by atoms with Crippen LogP contribution >= 0.6 is 0 Å². The van der Waals surface area contributed by atoms with Gasteiger partial charge in [-0.2, -0.15) is 0 Å². The lowest BCUT2D eigenvalue weighted by atomic mass is 10.2. The molecule has 3 aromatic rings. The molecule has 2 N–H and O–H groups in total. The molecule has 0 spiro atoms. The molecule has 8 nitrogen and oxygen atoms in total. The molecule has 1 aromatic heterocycles. The summed E-state index contributed by atoms with van der Waals surface area (Å²) in [4.78, 5) is 12.3. The fourth-order valence-corrected chi connectivity index (χ4v) is 3.88. The minimum atomic E-state index is -3.78. The number of hydrogen-bond donors (Lipinski definition) is 2. The number of carbonyl (C=O) groups is 1. The van der Waals surface area contributed by atoms with E-state index in [1.165, 1.54) is 25.5 Å². The van der Waals surface area contributed by atoms with Gasteiger partial charge >= 0.3 is 0 Å². The Morgan fingerprint density at radius 1 is 1.09 bits per heavy atom. The van der Waals surface area contributed by atoms with Gasteiger partial charge in [0.1, 0.15) is 5.76 Å². The Bertz CT molecular complexity index is 1190. The van der Waals surface area contributed by atoms with Crippen molar-refractivity contribution in [3.05, 3.63) is 78.3 Å². The summed E-state index contributed by atoms with van der Waals surface area (Å²) < 4.78 is 43.5. The molecule has 0 saturated heterocycles. The molecule has 32 heavy (non-hydrogen) atoms. The molecule has 2 aromatic carbocycles. The van der Waals surface area contributed by atoms with E-state index in [0.717, 1.165) is 5.56 Å². The van der Waals surface area contributed by atoms with Gasteiger partial charge in [0.25, 0.3) is 5.91 Å². The zero-order chi connectivity index (χ0) is 23.0. The lowest BCUT2D eigenvalue weighted by Gasteiger charge is -2.12. The second-order valence-corrected chi connectivity index (χ2v) is 8.45. The quantitative estimate of drug-likeness (QED) is 0.480. The van der Waals surface area contributed by atoms with E-state index in [1.807, 2.05) is 25.1 Å². The number of rotatable bonds is 10. The number of amides is 1. The van der Waals surface area contributed by atoms with E-state index < -0.39 is 15.9 Å². The summed E-state index contributed by atoms with van der Waals surface area (Å²) in [6.07, 6.45) is 5.29. The zero-order valence-corrected chi connectivity index (χ0v) is 18.5. The topological polar surface area (TPSA) is 107 Å². The van der Waals surface area contributed by atoms with Crippen LogP contribution in [0.4, 0.5) is 5.69 Å². The van der Waals surface area contributed by atoms with Gasteiger partial charge in [0.2, 0.25) is 10.0 Å². The van der Waals surface area contributed by atoms with Crippen LogP contribution in [0, 0.1) is 0 Å². The van der Waals surface area contributed by atoms with Crippen LogP contribution in [0.3, 0.4) is 0 Å². The number of carbonyl (C=O) groups excluding carboxylic acids is 1. The van der Waals surface area contributed by atoms with Crippen LogP contribution in [0.25, 0.3) is 6.08 Å². The Hall–Kier alpha value is -3.56. The highest BCUT2D eigenvalue weighted by atomic mass is 32.2. The number of ether oxygens (including phenoxy) is 2. The molecule has 0 saturated carbocycles. The predicted molar refractivity (Wildman–Crippen MR) is 121 cm³/mol. The Labute approximate surface area is 186 Å². The van der Waals surface area contributed by atoms with E-state index in [4.69, 9.17) is 13.9 Å². The fraction of sp³-hybridized carbons (Fsp3) is 0.174. The van der Waals surface area contributed by atoms with Gasteiger partial charge in [0, 0.05) is 5.69 Å². The predicted octanol–water partition coefficient (Wildman–Crippen LogP) is 3.82. The summed E-state index contributed by atoms with van der Waals surface area (Å²) in [5.41, 5.74) is 1.27. The molecular weight excluding hydrogens is 432 g/mol. The number of hydrogen-bond acceptors (Lipinski definition) is 6. The Balaban J connectivity index is 1.61. The van der Waals surface area contributed by atoms with Crippen molar-refractivity contribution in [2.45, 2.75) is 18.4 Å². The van der Waals surface area contributed by atoms with Crippen molar-refractivity contribution in [2.75, 3.05) is 19.0 Å². The van der Waals surface area contributed by atoms with Crippen LogP contribution < -0.4 is 19.5 Å². The molecule has 3 rings (SSSR count). The van der Waals surface area contributed by atoms with E-state index in [2.05, 4.69) is 10.0 Å². The molecule has 1 amide bonds. The highest BCUT2D eigenvalue weighted by Gasteiger charge is 2.16. The van der Waals surface area contributed by atoms with E-state index in [9.17, 15) is 13.2 Å². The van der Waals surface area contributed by atoms with Gasteiger partial charge in [-0.1, -0.05) is 24.3 Å². The SMILES string of the molecule is C/C=C/c1ccc(OCC(=O)Nc2cccc(S(=O)(=O)NCc3ccco3)c2)c(OC)c1. The first kappa shape index (κ1) is 23.1. The van der Waals surface area contributed by atoms with Crippen LogP contribution in [0.5, 0.6) is 11.5 Å². The van der Waals surface area contributed by atoms with Crippen molar-refractivity contribution in [1.82, 2.24) is 4.72 Å². The molecule has 0 atom stereocenters. The molecule has 0 unspecified atom stereocenters. The normalized spacial score (nSPS) is 11.4. The fourth-order valence-electron chi connectivity index (χ4n) is 2.84. The zero-order valence-electron chi connectivity index (χ0n) is 17.7. The third kappa shape index (κ3) is 6.22. The van der Waals surface area contributed by atoms with E-state index >= 15 is 0 Å². The van der Waals surface area contributed by atoms with Gasteiger partial charge in [-0.25, -0.2) is 13.1 Å². The van der Waals surface area contributed by atoms with Crippen LogP contribution in [-0.2, 0) is 21.4 Å². The van der Waals surface area contributed by atoms with Gasteiger partial charge in [-0.05, 0) is 55.0 Å². The first-order valence-electron chi connectivity index (χ1n) is 9.77. The van der Waals surface area contributed by atoms with Gasteiger partial charge < -0.3 is 19.2 Å². The highest BCUT2D eigenvalue weighted by molar-refractivity contribution is 7.89. The van der Waals surface area contributed by atoms with Crippen LogP contribution in [-0.4, -0.2) is 28.0 Å². The maximum Gasteiger partial charge on any atom is 0.262 e. The minimum Gasteiger partial charge on any atom is -0.493 e. The molecule has 1 heterocycles. The number of methoxy groups -OCH3 is 1. The molecule has 9 heteroatoms. The maximum absolute atomic E-state index is 12.5. The molecule has 0 aliphatic heterocycles. The smallest absolute Gasteiger partial charge is 0.262 e. The average molecular weight is 457 g/mol. The van der Waals surface area contributed by atoms with E-state index in [0.29, 0.717) is 22.9 Å². The summed E-state index contributed by atoms with van der Waals surface area (Å²) >= 11 is 0. The second kappa shape index (κ2) is 10.7. The first-order valence-corrected chi connectivity index (χ1v) is 11.2. The summed E-state index contributed by atoms with van der Waals surface area (Å²) in [5.74, 6) is 0.977. The lowest BCUT2D eigenvalue weighted by Crippen LogP contribution is -2.24. The van der Waals surface area contributed by atoms with Crippen molar-refractivity contribution in [3.8, 4) is 11.5 Å². The van der Waals surface area contributed by atoms with Gasteiger partial charge in [0.15, 0.2) is 18.1 Å². The number of allylic oxidation sites excluding steroid dienone is 1. The van der Waals surface area contributed by atoms with Gasteiger partial charge in [0.05, 0.1) is 24.8 Å². The first-order chi connectivity index (χ1) is 15.4. The molecule has 168 valence electrons. The monoisotopic (exact) mass is 456 g/mol. The Morgan fingerprint density at radius 3 is 2.66 bits per heavy atom. The molecule has 0 fully saturated rings. The van der Waals surface area contributed by atoms with Crippen molar-refractivity contribution < 1.29 is 27.1 Å². The van der Waals surface area contributed by atoms with Crippen LogP contribution in [0.1, 0.15) is 18.2 Å². The number of benzene rings is 2. The highest BCUT2D eigenvalue weighted by Crippen LogP contribution is 2.28. The van der Waals surface area contributed by atoms with Crippen LogP contribution in [0.15, 0.2) is 76.2 Å². The molecular formula is C23H24N2O6S. The number of furan rings is 1. The molecule has 0 aliphatic rings. The summed E-state index contributed by atoms with van der Waals surface area (Å²) in [7, 11) is -2.26. The lowest BCUT2D eigenvalue weighted by molar-refractivity contribution is -0.118. The van der Waals surface area contributed by atoms with Crippen molar-refractivity contribution >= 4 is 27.7 Å². The van der Waals surface area contributed by atoms with Crippen molar-refractivity contribution in [3.63, 3.8) is 0 Å². The standard InChI is InChI=1S/C23H24N2O6S/c1-3-6-17-10-11-21(22(13-17)29-2)31-16-23(26)25-18-7-4-9-20(14-18)32(27,28)24-15-19-8-5-12-30-19/h3-14,24H,15-16H2,1-2H3,(H,25,26)/b6-3+. The van der Waals surface area contributed by atoms with Gasteiger partial charge in [-0.3, -0.25) is 4.79 Å². The number of nitrogens with one attached hydrogen (secondary N) is 2. The van der Waals surface area contributed by atoms with Crippen molar-refractivity contribution in [1.29, 1.82) is 0 Å². The average Bonchev–Trinajstić information content (AvgIpc) is 3.31. The van der Waals surface area contributed by atoms with Crippen LogP contribution in [0.2, 0.25) is 0 Å². The number of anilines is 1. The summed E-state index contributed by atoms with van der Waals surface area (Å²) in [6.45, 7) is 1.66. The largest absolute Gasteiger partial charge is 0.493 e. The summed E-state index contributed by atoms with van der Waals surface area (Å²) in [5, 5.41) is 2.64. The van der Waals surface area contributed by atoms with Gasteiger partial charge in [-0.15, -0.1) is 0 Å². The van der Waals surface area contributed by atoms with E-state index in [-0.39, 0.29) is 18.0 Å². The molecule has 0 radical (unpaired) electrons. The van der Waals surface area contributed by atoms with E-state index in [1.54, 1.807) is 36.4 Å². The number of sulfonamides is 1. The second-order valence-electron chi connectivity index (χ2n) is 6.68.